The van der Waals surface area contributed by atoms with E-state index < -0.39 is 10.0 Å². The SMILES string of the molecule is Cl.N[C@H]1CCN(S(=O)(=O)c2ccccc2)C1. The highest BCUT2D eigenvalue weighted by atomic mass is 35.5. The molecule has 0 unspecified atom stereocenters. The van der Waals surface area contributed by atoms with Crippen LogP contribution in [0, 0.1) is 0 Å². The van der Waals surface area contributed by atoms with Crippen molar-refractivity contribution in [1.29, 1.82) is 0 Å². The molecule has 0 amide bonds. The van der Waals surface area contributed by atoms with Crippen LogP contribution in [0.15, 0.2) is 35.2 Å². The molecule has 16 heavy (non-hydrogen) atoms. The minimum absolute atomic E-state index is 0. The molecule has 0 radical (unpaired) electrons. The fourth-order valence-corrected chi connectivity index (χ4v) is 3.25. The Kier molecular flexibility index (Phi) is 4.32. The van der Waals surface area contributed by atoms with Crippen molar-refractivity contribution in [1.82, 2.24) is 4.31 Å². The molecule has 1 aromatic carbocycles. The van der Waals surface area contributed by atoms with Crippen molar-refractivity contribution in [2.24, 2.45) is 5.73 Å². The van der Waals surface area contributed by atoms with E-state index in [0.717, 1.165) is 6.42 Å². The lowest BCUT2D eigenvalue weighted by molar-refractivity contribution is 0.472. The fourth-order valence-electron chi connectivity index (χ4n) is 1.71. The predicted molar refractivity (Wildman–Crippen MR) is 65.0 cm³/mol. The van der Waals surface area contributed by atoms with Gasteiger partial charge in [-0.1, -0.05) is 18.2 Å². The van der Waals surface area contributed by atoms with Gasteiger partial charge in [0.1, 0.15) is 0 Å². The van der Waals surface area contributed by atoms with Crippen LogP contribution in [0.1, 0.15) is 6.42 Å². The molecule has 1 atom stereocenters. The van der Waals surface area contributed by atoms with Gasteiger partial charge in [0.05, 0.1) is 4.90 Å². The first-order valence-electron chi connectivity index (χ1n) is 4.91. The second-order valence-electron chi connectivity index (χ2n) is 3.72. The van der Waals surface area contributed by atoms with Crippen LogP contribution in [-0.4, -0.2) is 31.9 Å². The van der Waals surface area contributed by atoms with Crippen LogP contribution in [0.4, 0.5) is 0 Å². The molecule has 2 N–H and O–H groups in total. The lowest BCUT2D eigenvalue weighted by Crippen LogP contribution is -2.31. The average Bonchev–Trinajstić information content (AvgIpc) is 2.67. The highest BCUT2D eigenvalue weighted by Gasteiger charge is 2.30. The first-order chi connectivity index (χ1) is 7.10. The Morgan fingerprint density at radius 2 is 1.88 bits per heavy atom. The third-order valence-corrected chi connectivity index (χ3v) is 4.45. The first kappa shape index (κ1) is 13.4. The molecular formula is C10H15ClN2O2S. The number of nitrogens with two attached hydrogens (primary N) is 1. The third-order valence-electron chi connectivity index (χ3n) is 2.57. The van der Waals surface area contributed by atoms with Crippen molar-refractivity contribution in [3.05, 3.63) is 30.3 Å². The highest BCUT2D eigenvalue weighted by molar-refractivity contribution is 7.89. The summed E-state index contributed by atoms with van der Waals surface area (Å²) in [5.74, 6) is 0. The maximum atomic E-state index is 12.1. The molecule has 1 heterocycles. The monoisotopic (exact) mass is 262 g/mol. The van der Waals surface area contributed by atoms with Crippen LogP contribution in [0.25, 0.3) is 0 Å². The van der Waals surface area contributed by atoms with Gasteiger partial charge in [-0.2, -0.15) is 4.31 Å². The predicted octanol–water partition coefficient (Wildman–Crippen LogP) is 0.830. The van der Waals surface area contributed by atoms with Crippen molar-refractivity contribution in [2.45, 2.75) is 17.4 Å². The number of hydrogen-bond donors (Lipinski definition) is 1. The molecule has 1 fully saturated rings. The maximum absolute atomic E-state index is 12.1. The van der Waals surface area contributed by atoms with E-state index in [-0.39, 0.29) is 18.4 Å². The van der Waals surface area contributed by atoms with Crippen molar-refractivity contribution >= 4 is 22.4 Å². The molecule has 0 aliphatic carbocycles. The summed E-state index contributed by atoms with van der Waals surface area (Å²) in [6, 6.07) is 8.45. The van der Waals surface area contributed by atoms with Crippen LogP contribution in [0.5, 0.6) is 0 Å². The van der Waals surface area contributed by atoms with Gasteiger partial charge in [0.15, 0.2) is 0 Å². The van der Waals surface area contributed by atoms with Gasteiger partial charge in [-0.3, -0.25) is 0 Å². The summed E-state index contributed by atoms with van der Waals surface area (Å²) in [6.07, 6.45) is 0.742. The van der Waals surface area contributed by atoms with Crippen LogP contribution in [-0.2, 0) is 10.0 Å². The minimum atomic E-state index is -3.32. The van der Waals surface area contributed by atoms with Crippen LogP contribution < -0.4 is 5.73 Å². The van der Waals surface area contributed by atoms with Crippen LogP contribution in [0.2, 0.25) is 0 Å². The number of benzene rings is 1. The van der Waals surface area contributed by atoms with Gasteiger partial charge in [0.25, 0.3) is 0 Å². The average molecular weight is 263 g/mol. The number of nitrogens with zero attached hydrogens (tertiary/aromatic N) is 1. The Hall–Kier alpha value is -0.620. The number of sulfonamides is 1. The van der Waals surface area contributed by atoms with E-state index in [9.17, 15) is 8.42 Å². The molecule has 0 bridgehead atoms. The summed E-state index contributed by atoms with van der Waals surface area (Å²) in [4.78, 5) is 0.346. The summed E-state index contributed by atoms with van der Waals surface area (Å²) in [5.41, 5.74) is 5.69. The van der Waals surface area contributed by atoms with E-state index in [1.54, 1.807) is 30.3 Å². The molecule has 4 nitrogen and oxygen atoms in total. The molecule has 1 aliphatic heterocycles. The second kappa shape index (κ2) is 5.14. The van der Waals surface area contributed by atoms with Crippen LogP contribution >= 0.6 is 12.4 Å². The van der Waals surface area contributed by atoms with Crippen molar-refractivity contribution < 1.29 is 8.42 Å². The lowest BCUT2D eigenvalue weighted by Gasteiger charge is -2.15. The van der Waals surface area contributed by atoms with E-state index in [1.807, 2.05) is 0 Å². The standard InChI is InChI=1S/C10H14N2O2S.ClH/c11-9-6-7-12(8-9)15(13,14)10-4-2-1-3-5-10;/h1-5,9H,6-8,11H2;1H/t9-;/m0./s1. The van der Waals surface area contributed by atoms with Crippen molar-refractivity contribution in [2.75, 3.05) is 13.1 Å². The first-order valence-corrected chi connectivity index (χ1v) is 6.35. The third kappa shape index (κ3) is 2.55. The topological polar surface area (TPSA) is 63.4 Å². The Balaban J connectivity index is 0.00000128. The highest BCUT2D eigenvalue weighted by Crippen LogP contribution is 2.19. The minimum Gasteiger partial charge on any atom is -0.326 e. The fraction of sp³-hybridized carbons (Fsp3) is 0.400. The summed E-state index contributed by atoms with van der Waals surface area (Å²) >= 11 is 0. The molecule has 90 valence electrons. The Labute approximate surface area is 102 Å². The van der Waals surface area contributed by atoms with E-state index in [4.69, 9.17) is 5.73 Å². The van der Waals surface area contributed by atoms with E-state index in [2.05, 4.69) is 0 Å². The van der Waals surface area contributed by atoms with Gasteiger partial charge >= 0.3 is 0 Å². The Morgan fingerprint density at radius 3 is 2.38 bits per heavy atom. The molecule has 1 saturated heterocycles. The smallest absolute Gasteiger partial charge is 0.243 e. The molecule has 2 rings (SSSR count). The van der Waals surface area contributed by atoms with Crippen molar-refractivity contribution in [3.63, 3.8) is 0 Å². The normalized spacial score (nSPS) is 21.7. The number of halogens is 1. The summed E-state index contributed by atoms with van der Waals surface area (Å²) in [6.45, 7) is 0.954. The zero-order valence-electron chi connectivity index (χ0n) is 8.74. The Bertz CT molecular complexity index is 435. The second-order valence-corrected chi connectivity index (χ2v) is 5.66. The molecule has 1 aromatic rings. The molecule has 0 saturated carbocycles. The van der Waals surface area contributed by atoms with Crippen molar-refractivity contribution in [3.8, 4) is 0 Å². The van der Waals surface area contributed by atoms with Gasteiger partial charge in [-0.15, -0.1) is 12.4 Å². The number of hydrogen-bond acceptors (Lipinski definition) is 3. The van der Waals surface area contributed by atoms with Gasteiger partial charge in [0, 0.05) is 19.1 Å². The summed E-state index contributed by atoms with van der Waals surface area (Å²) in [5, 5.41) is 0. The van der Waals surface area contributed by atoms with Gasteiger partial charge < -0.3 is 5.73 Å². The van der Waals surface area contributed by atoms with Gasteiger partial charge in [0.2, 0.25) is 10.0 Å². The Morgan fingerprint density at radius 1 is 1.25 bits per heavy atom. The van der Waals surface area contributed by atoms with Gasteiger partial charge in [-0.05, 0) is 18.6 Å². The quantitative estimate of drug-likeness (QED) is 0.859. The molecule has 0 spiro atoms. The van der Waals surface area contributed by atoms with Crippen LogP contribution in [0.3, 0.4) is 0 Å². The lowest BCUT2D eigenvalue weighted by atomic mass is 10.3. The zero-order chi connectivity index (χ0) is 10.9. The largest absolute Gasteiger partial charge is 0.326 e. The van der Waals surface area contributed by atoms with E-state index in [0.29, 0.717) is 18.0 Å². The molecule has 1 aliphatic rings. The summed E-state index contributed by atoms with van der Waals surface area (Å²) in [7, 11) is -3.32. The van der Waals surface area contributed by atoms with Gasteiger partial charge in [-0.25, -0.2) is 8.42 Å². The molecular weight excluding hydrogens is 248 g/mol. The molecule has 6 heteroatoms. The summed E-state index contributed by atoms with van der Waals surface area (Å²) < 4.78 is 25.6. The number of rotatable bonds is 2. The maximum Gasteiger partial charge on any atom is 0.243 e. The van der Waals surface area contributed by atoms with E-state index >= 15 is 0 Å². The van der Waals surface area contributed by atoms with E-state index in [1.165, 1.54) is 4.31 Å². The molecule has 0 aromatic heterocycles. The zero-order valence-corrected chi connectivity index (χ0v) is 10.4.